The maximum Gasteiger partial charge on any atom is 0.186 e. The van der Waals surface area contributed by atoms with Crippen LogP contribution in [0.15, 0.2) is 29.6 Å². The molecule has 1 aromatic heterocycles. The Labute approximate surface area is 110 Å². The minimum absolute atomic E-state index is 0.774. The summed E-state index contributed by atoms with van der Waals surface area (Å²) in [5.41, 5.74) is 8.71. The summed E-state index contributed by atoms with van der Waals surface area (Å²) in [5.74, 6) is 0. The van der Waals surface area contributed by atoms with E-state index in [4.69, 9.17) is 10.5 Å². The number of nitrogen functional groups attached to an aromatic ring is 1. The topological polar surface area (TPSA) is 51.4 Å². The fraction of sp³-hybridized carbons (Fsp3) is 0.308. The van der Waals surface area contributed by atoms with Gasteiger partial charge in [-0.3, -0.25) is 0 Å². The van der Waals surface area contributed by atoms with Gasteiger partial charge in [-0.1, -0.05) is 18.2 Å². The number of hydrogen-bond donors (Lipinski definition) is 1. The molecule has 94 valence electrons. The van der Waals surface area contributed by atoms with Gasteiger partial charge in [-0.05, 0) is 6.07 Å². The molecule has 1 saturated heterocycles. The fourth-order valence-corrected chi connectivity index (χ4v) is 2.90. The van der Waals surface area contributed by atoms with Crippen molar-refractivity contribution >= 4 is 22.2 Å². The van der Waals surface area contributed by atoms with E-state index in [1.54, 1.807) is 11.3 Å². The zero-order chi connectivity index (χ0) is 12.4. The third kappa shape index (κ3) is 2.19. The van der Waals surface area contributed by atoms with E-state index in [1.807, 2.05) is 24.3 Å². The standard InChI is InChI=1S/C13H15N3OS/c14-11-4-2-1-3-10(11)12-9-18-13(15-12)16-5-7-17-8-6-16/h1-4,9H,5-8,14H2. The number of nitrogens with zero attached hydrogens (tertiary/aromatic N) is 2. The molecular weight excluding hydrogens is 246 g/mol. The van der Waals surface area contributed by atoms with E-state index in [1.165, 1.54) is 0 Å². The van der Waals surface area contributed by atoms with Crippen LogP contribution in [0.1, 0.15) is 0 Å². The lowest BCUT2D eigenvalue weighted by molar-refractivity contribution is 0.122. The third-order valence-electron chi connectivity index (χ3n) is 3.01. The van der Waals surface area contributed by atoms with Crippen LogP contribution in [0.25, 0.3) is 11.3 Å². The van der Waals surface area contributed by atoms with Gasteiger partial charge in [0.05, 0.1) is 18.9 Å². The predicted molar refractivity (Wildman–Crippen MR) is 75.0 cm³/mol. The third-order valence-corrected chi connectivity index (χ3v) is 3.91. The van der Waals surface area contributed by atoms with Crippen LogP contribution in [-0.4, -0.2) is 31.3 Å². The number of thiazole rings is 1. The second-order valence-corrected chi connectivity index (χ2v) is 5.04. The summed E-state index contributed by atoms with van der Waals surface area (Å²) in [4.78, 5) is 6.93. The molecule has 0 amide bonds. The van der Waals surface area contributed by atoms with Gasteiger partial charge < -0.3 is 15.4 Å². The number of nitrogens with two attached hydrogens (primary N) is 1. The van der Waals surface area contributed by atoms with Crippen molar-refractivity contribution in [2.45, 2.75) is 0 Å². The molecule has 0 bridgehead atoms. The lowest BCUT2D eigenvalue weighted by atomic mass is 10.1. The molecule has 1 aromatic carbocycles. The Morgan fingerprint density at radius 1 is 1.22 bits per heavy atom. The van der Waals surface area contributed by atoms with Crippen molar-refractivity contribution in [2.24, 2.45) is 0 Å². The van der Waals surface area contributed by atoms with Gasteiger partial charge in [0.15, 0.2) is 5.13 Å². The zero-order valence-electron chi connectivity index (χ0n) is 10.0. The van der Waals surface area contributed by atoms with Crippen LogP contribution in [0.4, 0.5) is 10.8 Å². The van der Waals surface area contributed by atoms with Crippen molar-refractivity contribution in [3.05, 3.63) is 29.6 Å². The van der Waals surface area contributed by atoms with Crippen molar-refractivity contribution in [2.75, 3.05) is 36.9 Å². The molecular formula is C13H15N3OS. The van der Waals surface area contributed by atoms with Gasteiger partial charge in [-0.2, -0.15) is 0 Å². The molecule has 0 atom stereocenters. The first-order chi connectivity index (χ1) is 8.84. The molecule has 1 aliphatic rings. The highest BCUT2D eigenvalue weighted by atomic mass is 32.1. The lowest BCUT2D eigenvalue weighted by Crippen LogP contribution is -2.36. The van der Waals surface area contributed by atoms with E-state index in [0.717, 1.165) is 48.4 Å². The van der Waals surface area contributed by atoms with Crippen LogP contribution >= 0.6 is 11.3 Å². The first kappa shape index (κ1) is 11.5. The number of anilines is 2. The van der Waals surface area contributed by atoms with Gasteiger partial charge in [-0.15, -0.1) is 11.3 Å². The van der Waals surface area contributed by atoms with E-state index >= 15 is 0 Å². The number of rotatable bonds is 2. The largest absolute Gasteiger partial charge is 0.398 e. The van der Waals surface area contributed by atoms with Gasteiger partial charge in [-0.25, -0.2) is 4.98 Å². The van der Waals surface area contributed by atoms with Crippen LogP contribution in [-0.2, 0) is 4.74 Å². The number of benzene rings is 1. The quantitative estimate of drug-likeness (QED) is 0.842. The van der Waals surface area contributed by atoms with Gasteiger partial charge >= 0.3 is 0 Å². The van der Waals surface area contributed by atoms with Gasteiger partial charge in [0, 0.05) is 29.7 Å². The Hall–Kier alpha value is -1.59. The zero-order valence-corrected chi connectivity index (χ0v) is 10.8. The SMILES string of the molecule is Nc1ccccc1-c1csc(N2CCOCC2)n1. The number of aromatic nitrogens is 1. The molecule has 1 fully saturated rings. The Morgan fingerprint density at radius 2 is 2.00 bits per heavy atom. The summed E-state index contributed by atoms with van der Waals surface area (Å²) in [6, 6.07) is 7.84. The van der Waals surface area contributed by atoms with Crippen molar-refractivity contribution < 1.29 is 4.74 Å². The van der Waals surface area contributed by atoms with E-state index < -0.39 is 0 Å². The Bertz CT molecular complexity index is 535. The maximum atomic E-state index is 5.97. The number of morpholine rings is 1. The van der Waals surface area contributed by atoms with Crippen LogP contribution < -0.4 is 10.6 Å². The first-order valence-corrected chi connectivity index (χ1v) is 6.85. The highest BCUT2D eigenvalue weighted by Gasteiger charge is 2.15. The average Bonchev–Trinajstić information content (AvgIpc) is 2.90. The molecule has 2 N–H and O–H groups in total. The summed E-state index contributed by atoms with van der Waals surface area (Å²) in [6.07, 6.45) is 0. The molecule has 0 saturated carbocycles. The normalized spacial score (nSPS) is 15.9. The first-order valence-electron chi connectivity index (χ1n) is 5.98. The molecule has 4 nitrogen and oxygen atoms in total. The van der Waals surface area contributed by atoms with Gasteiger partial charge in [0.25, 0.3) is 0 Å². The molecule has 1 aliphatic heterocycles. The Balaban J connectivity index is 1.87. The second-order valence-electron chi connectivity index (χ2n) is 4.20. The minimum Gasteiger partial charge on any atom is -0.398 e. The molecule has 3 rings (SSSR count). The summed E-state index contributed by atoms with van der Waals surface area (Å²) >= 11 is 1.66. The van der Waals surface area contributed by atoms with Crippen LogP contribution in [0, 0.1) is 0 Å². The molecule has 0 spiro atoms. The van der Waals surface area contributed by atoms with Crippen molar-refractivity contribution in [1.82, 2.24) is 4.98 Å². The molecule has 2 heterocycles. The van der Waals surface area contributed by atoms with Gasteiger partial charge in [0.2, 0.25) is 0 Å². The molecule has 0 aliphatic carbocycles. The van der Waals surface area contributed by atoms with Crippen molar-refractivity contribution in [3.8, 4) is 11.3 Å². The predicted octanol–water partition coefficient (Wildman–Crippen LogP) is 2.23. The molecule has 0 radical (unpaired) electrons. The molecule has 5 heteroatoms. The Morgan fingerprint density at radius 3 is 2.78 bits per heavy atom. The van der Waals surface area contributed by atoms with Crippen molar-refractivity contribution in [3.63, 3.8) is 0 Å². The summed E-state index contributed by atoms with van der Waals surface area (Å²) < 4.78 is 5.35. The van der Waals surface area contributed by atoms with E-state index in [-0.39, 0.29) is 0 Å². The van der Waals surface area contributed by atoms with Crippen molar-refractivity contribution in [1.29, 1.82) is 0 Å². The molecule has 18 heavy (non-hydrogen) atoms. The second kappa shape index (κ2) is 4.96. The lowest BCUT2D eigenvalue weighted by Gasteiger charge is -2.26. The summed E-state index contributed by atoms with van der Waals surface area (Å²) in [6.45, 7) is 3.39. The number of para-hydroxylation sites is 1. The highest BCUT2D eigenvalue weighted by molar-refractivity contribution is 7.14. The Kier molecular flexibility index (Phi) is 3.17. The van der Waals surface area contributed by atoms with Crippen LogP contribution in [0.3, 0.4) is 0 Å². The summed E-state index contributed by atoms with van der Waals surface area (Å²) in [5, 5.41) is 3.12. The average molecular weight is 261 g/mol. The van der Waals surface area contributed by atoms with E-state index in [0.29, 0.717) is 0 Å². The number of ether oxygens (including phenoxy) is 1. The minimum atomic E-state index is 0.774. The van der Waals surface area contributed by atoms with Gasteiger partial charge in [0.1, 0.15) is 0 Å². The highest BCUT2D eigenvalue weighted by Crippen LogP contribution is 2.30. The van der Waals surface area contributed by atoms with Crippen LogP contribution in [0.2, 0.25) is 0 Å². The maximum absolute atomic E-state index is 5.97. The number of hydrogen-bond acceptors (Lipinski definition) is 5. The summed E-state index contributed by atoms with van der Waals surface area (Å²) in [7, 11) is 0. The van der Waals surface area contributed by atoms with E-state index in [2.05, 4.69) is 15.3 Å². The molecule has 0 unspecified atom stereocenters. The monoisotopic (exact) mass is 261 g/mol. The van der Waals surface area contributed by atoms with E-state index in [9.17, 15) is 0 Å². The smallest absolute Gasteiger partial charge is 0.186 e. The van der Waals surface area contributed by atoms with Crippen LogP contribution in [0.5, 0.6) is 0 Å². The fourth-order valence-electron chi connectivity index (χ4n) is 2.02. The molecule has 2 aromatic rings.